The maximum Gasteiger partial charge on any atom is 0.271 e. The van der Waals surface area contributed by atoms with E-state index < -0.39 is 0 Å². The fourth-order valence-electron chi connectivity index (χ4n) is 2.42. The van der Waals surface area contributed by atoms with Crippen LogP contribution in [0.2, 0.25) is 0 Å². The van der Waals surface area contributed by atoms with E-state index in [0.29, 0.717) is 17.1 Å². The SMILES string of the molecule is Cc1nn(C)c(C(=O)NC2CCC(O)CC2)c1N. The number of aliphatic hydroxyl groups is 1. The zero-order valence-corrected chi connectivity index (χ0v) is 10.8. The maximum atomic E-state index is 12.1. The molecule has 0 radical (unpaired) electrons. The fraction of sp³-hybridized carbons (Fsp3) is 0.667. The van der Waals surface area contributed by atoms with Crippen LogP contribution in [0.1, 0.15) is 41.9 Å². The third-order valence-corrected chi connectivity index (χ3v) is 3.52. The van der Waals surface area contributed by atoms with Crippen LogP contribution in [-0.4, -0.2) is 32.9 Å². The Morgan fingerprint density at radius 3 is 2.56 bits per heavy atom. The minimum absolute atomic E-state index is 0.121. The summed E-state index contributed by atoms with van der Waals surface area (Å²) in [5.74, 6) is -0.183. The average molecular weight is 252 g/mol. The largest absolute Gasteiger partial charge is 0.395 e. The fourth-order valence-corrected chi connectivity index (χ4v) is 2.42. The maximum absolute atomic E-state index is 12.1. The number of hydrogen-bond acceptors (Lipinski definition) is 4. The normalized spacial score (nSPS) is 23.9. The minimum atomic E-state index is -0.220. The Morgan fingerprint density at radius 2 is 2.06 bits per heavy atom. The molecular weight excluding hydrogens is 232 g/mol. The molecule has 0 aromatic carbocycles. The number of carbonyl (C=O) groups excluding carboxylic acids is 1. The van der Waals surface area contributed by atoms with Gasteiger partial charge in [0.2, 0.25) is 0 Å². The monoisotopic (exact) mass is 252 g/mol. The molecule has 6 heteroatoms. The highest BCUT2D eigenvalue weighted by Gasteiger charge is 2.24. The van der Waals surface area contributed by atoms with Crippen LogP contribution in [0.4, 0.5) is 5.69 Å². The van der Waals surface area contributed by atoms with Crippen molar-refractivity contribution >= 4 is 11.6 Å². The lowest BCUT2D eigenvalue weighted by molar-refractivity contribution is 0.0860. The molecule has 6 nitrogen and oxygen atoms in total. The molecule has 18 heavy (non-hydrogen) atoms. The predicted molar refractivity (Wildman–Crippen MR) is 68.1 cm³/mol. The number of aromatic nitrogens is 2. The number of nitrogen functional groups attached to an aromatic ring is 1. The van der Waals surface area contributed by atoms with Gasteiger partial charge in [0.05, 0.1) is 17.5 Å². The summed E-state index contributed by atoms with van der Waals surface area (Å²) in [6, 6.07) is 0.121. The van der Waals surface area contributed by atoms with Crippen LogP contribution < -0.4 is 11.1 Å². The van der Waals surface area contributed by atoms with Crippen LogP contribution >= 0.6 is 0 Å². The number of amides is 1. The van der Waals surface area contributed by atoms with Gasteiger partial charge in [-0.05, 0) is 32.6 Å². The van der Waals surface area contributed by atoms with Crippen LogP contribution in [0, 0.1) is 6.92 Å². The molecular formula is C12H20N4O2. The molecule has 0 spiro atoms. The molecule has 0 unspecified atom stereocenters. The summed E-state index contributed by atoms with van der Waals surface area (Å²) < 4.78 is 1.51. The zero-order chi connectivity index (χ0) is 13.3. The van der Waals surface area contributed by atoms with E-state index in [1.807, 2.05) is 0 Å². The number of nitrogens with one attached hydrogen (secondary N) is 1. The van der Waals surface area contributed by atoms with E-state index in [2.05, 4.69) is 10.4 Å². The Morgan fingerprint density at radius 1 is 1.44 bits per heavy atom. The van der Waals surface area contributed by atoms with Gasteiger partial charge in [-0.3, -0.25) is 9.48 Å². The van der Waals surface area contributed by atoms with E-state index in [9.17, 15) is 9.90 Å². The van der Waals surface area contributed by atoms with E-state index in [1.165, 1.54) is 4.68 Å². The Kier molecular flexibility index (Phi) is 3.56. The van der Waals surface area contributed by atoms with Gasteiger partial charge in [0.15, 0.2) is 0 Å². The molecule has 1 aliphatic carbocycles. The van der Waals surface area contributed by atoms with E-state index in [-0.39, 0.29) is 18.1 Å². The Bertz CT molecular complexity index is 447. The molecule has 0 saturated heterocycles. The Labute approximate surface area is 106 Å². The summed E-state index contributed by atoms with van der Waals surface area (Å²) >= 11 is 0. The number of hydrogen-bond donors (Lipinski definition) is 3. The zero-order valence-electron chi connectivity index (χ0n) is 10.8. The molecule has 1 amide bonds. The van der Waals surface area contributed by atoms with Crippen molar-refractivity contribution in [1.29, 1.82) is 0 Å². The molecule has 0 atom stereocenters. The first-order chi connectivity index (χ1) is 8.49. The molecule has 0 aliphatic heterocycles. The standard InChI is InChI=1S/C12H20N4O2/c1-7-10(13)11(16(2)15-7)12(18)14-8-3-5-9(17)6-4-8/h8-9,17H,3-6,13H2,1-2H3,(H,14,18). The topological polar surface area (TPSA) is 93.2 Å². The van der Waals surface area contributed by atoms with Gasteiger partial charge in [0.1, 0.15) is 5.69 Å². The van der Waals surface area contributed by atoms with Crippen LogP contribution in [-0.2, 0) is 7.05 Å². The van der Waals surface area contributed by atoms with Crippen LogP contribution in [0.15, 0.2) is 0 Å². The van der Waals surface area contributed by atoms with Crippen molar-refractivity contribution < 1.29 is 9.90 Å². The van der Waals surface area contributed by atoms with Gasteiger partial charge in [-0.2, -0.15) is 5.10 Å². The number of anilines is 1. The van der Waals surface area contributed by atoms with E-state index >= 15 is 0 Å². The van der Waals surface area contributed by atoms with Gasteiger partial charge in [-0.25, -0.2) is 0 Å². The van der Waals surface area contributed by atoms with Gasteiger partial charge in [-0.15, -0.1) is 0 Å². The van der Waals surface area contributed by atoms with Crippen molar-refractivity contribution in [3.63, 3.8) is 0 Å². The smallest absolute Gasteiger partial charge is 0.271 e. The predicted octanol–water partition coefficient (Wildman–Crippen LogP) is 0.344. The lowest BCUT2D eigenvalue weighted by Crippen LogP contribution is -2.39. The molecule has 1 fully saturated rings. The van der Waals surface area contributed by atoms with E-state index in [4.69, 9.17) is 5.73 Å². The number of rotatable bonds is 2. The Hall–Kier alpha value is -1.56. The third-order valence-electron chi connectivity index (χ3n) is 3.52. The lowest BCUT2D eigenvalue weighted by Gasteiger charge is -2.26. The lowest BCUT2D eigenvalue weighted by atomic mass is 9.93. The Balaban J connectivity index is 2.04. The summed E-state index contributed by atoms with van der Waals surface area (Å²) in [6.45, 7) is 1.78. The summed E-state index contributed by atoms with van der Waals surface area (Å²) in [5.41, 5.74) is 7.37. The number of aliphatic hydroxyl groups excluding tert-OH is 1. The molecule has 1 aromatic rings. The number of nitrogens with two attached hydrogens (primary N) is 1. The molecule has 1 aliphatic rings. The highest BCUT2D eigenvalue weighted by Crippen LogP contribution is 2.20. The van der Waals surface area contributed by atoms with Crippen molar-refractivity contribution in [1.82, 2.24) is 15.1 Å². The molecule has 4 N–H and O–H groups in total. The number of carbonyl (C=O) groups is 1. The first-order valence-corrected chi connectivity index (χ1v) is 6.27. The average Bonchev–Trinajstić information content (AvgIpc) is 2.56. The molecule has 100 valence electrons. The number of aryl methyl sites for hydroxylation is 2. The van der Waals surface area contributed by atoms with Gasteiger partial charge in [-0.1, -0.05) is 0 Å². The van der Waals surface area contributed by atoms with Gasteiger partial charge in [0.25, 0.3) is 5.91 Å². The van der Waals surface area contributed by atoms with E-state index in [0.717, 1.165) is 25.7 Å². The summed E-state index contributed by atoms with van der Waals surface area (Å²) in [7, 11) is 1.71. The van der Waals surface area contributed by atoms with Crippen molar-refractivity contribution in [2.75, 3.05) is 5.73 Å². The van der Waals surface area contributed by atoms with E-state index in [1.54, 1.807) is 14.0 Å². The summed E-state index contributed by atoms with van der Waals surface area (Å²) in [5, 5.41) is 16.5. The summed E-state index contributed by atoms with van der Waals surface area (Å²) in [6.07, 6.45) is 2.88. The van der Waals surface area contributed by atoms with Crippen molar-refractivity contribution in [3.8, 4) is 0 Å². The molecule has 1 aromatic heterocycles. The summed E-state index contributed by atoms with van der Waals surface area (Å²) in [4.78, 5) is 12.1. The quantitative estimate of drug-likeness (QED) is 0.707. The van der Waals surface area contributed by atoms with Gasteiger partial charge >= 0.3 is 0 Å². The highest BCUT2D eigenvalue weighted by molar-refractivity contribution is 5.98. The second kappa shape index (κ2) is 4.97. The van der Waals surface area contributed by atoms with Crippen LogP contribution in [0.3, 0.4) is 0 Å². The third kappa shape index (κ3) is 2.48. The van der Waals surface area contributed by atoms with Crippen LogP contribution in [0.5, 0.6) is 0 Å². The van der Waals surface area contributed by atoms with Gasteiger partial charge < -0.3 is 16.2 Å². The van der Waals surface area contributed by atoms with Crippen molar-refractivity contribution in [2.24, 2.45) is 7.05 Å². The highest BCUT2D eigenvalue weighted by atomic mass is 16.3. The van der Waals surface area contributed by atoms with Crippen molar-refractivity contribution in [3.05, 3.63) is 11.4 Å². The second-order valence-corrected chi connectivity index (χ2v) is 4.95. The number of nitrogens with zero attached hydrogens (tertiary/aromatic N) is 2. The molecule has 1 heterocycles. The van der Waals surface area contributed by atoms with Crippen LogP contribution in [0.25, 0.3) is 0 Å². The first-order valence-electron chi connectivity index (χ1n) is 6.27. The van der Waals surface area contributed by atoms with Gasteiger partial charge in [0, 0.05) is 13.1 Å². The second-order valence-electron chi connectivity index (χ2n) is 4.95. The molecule has 1 saturated carbocycles. The van der Waals surface area contributed by atoms with Crippen molar-refractivity contribution in [2.45, 2.75) is 44.8 Å². The molecule has 2 rings (SSSR count). The molecule has 0 bridgehead atoms. The first kappa shape index (κ1) is 12.9. The minimum Gasteiger partial charge on any atom is -0.395 e.